The molecule has 3 heterocycles. The van der Waals surface area contributed by atoms with Crippen molar-refractivity contribution in [1.29, 1.82) is 0 Å². The lowest BCUT2D eigenvalue weighted by Gasteiger charge is -2.07. The molecule has 4 aromatic rings. The second kappa shape index (κ2) is 7.22. The van der Waals surface area contributed by atoms with Crippen LogP contribution in [0.25, 0.3) is 16.3 Å². The van der Waals surface area contributed by atoms with E-state index in [1.165, 1.54) is 23.1 Å². The van der Waals surface area contributed by atoms with Gasteiger partial charge in [0.25, 0.3) is 5.56 Å². The molecular formula is C17H14ClN5OS2. The molecule has 4 rings (SSSR count). The van der Waals surface area contributed by atoms with Crippen molar-refractivity contribution in [2.75, 3.05) is 0 Å². The van der Waals surface area contributed by atoms with Crippen molar-refractivity contribution >= 4 is 39.7 Å². The SMILES string of the molecule is CCn1c(SCc2cc(=O)n3ccsc3n2)nnc1-c1ccc(Cl)cc1. The summed E-state index contributed by atoms with van der Waals surface area (Å²) < 4.78 is 3.59. The minimum absolute atomic E-state index is 0.0642. The zero-order valence-corrected chi connectivity index (χ0v) is 16.2. The lowest BCUT2D eigenvalue weighted by molar-refractivity contribution is 0.687. The van der Waals surface area contributed by atoms with Crippen LogP contribution in [0.5, 0.6) is 0 Å². The molecular weight excluding hydrogens is 390 g/mol. The predicted molar refractivity (Wildman–Crippen MR) is 105 cm³/mol. The van der Waals surface area contributed by atoms with Crippen molar-refractivity contribution < 1.29 is 0 Å². The molecule has 0 saturated heterocycles. The normalized spacial score (nSPS) is 11.3. The Morgan fingerprint density at radius 1 is 1.23 bits per heavy atom. The highest BCUT2D eigenvalue weighted by molar-refractivity contribution is 7.98. The van der Waals surface area contributed by atoms with Crippen LogP contribution in [-0.2, 0) is 12.3 Å². The second-order valence-corrected chi connectivity index (χ2v) is 7.74. The van der Waals surface area contributed by atoms with Gasteiger partial charge >= 0.3 is 0 Å². The lowest BCUT2D eigenvalue weighted by Crippen LogP contribution is -2.12. The van der Waals surface area contributed by atoms with Crippen LogP contribution >= 0.6 is 34.7 Å². The molecule has 6 nitrogen and oxygen atoms in total. The van der Waals surface area contributed by atoms with Crippen LogP contribution in [0.4, 0.5) is 0 Å². The quantitative estimate of drug-likeness (QED) is 0.471. The van der Waals surface area contributed by atoms with Gasteiger partial charge in [-0.2, -0.15) is 0 Å². The Hall–Kier alpha value is -2.16. The Labute approximate surface area is 162 Å². The molecule has 3 aromatic heterocycles. The first kappa shape index (κ1) is 17.3. The summed E-state index contributed by atoms with van der Waals surface area (Å²) in [6, 6.07) is 9.11. The molecule has 0 spiro atoms. The molecule has 26 heavy (non-hydrogen) atoms. The van der Waals surface area contributed by atoms with Gasteiger partial charge in [0.1, 0.15) is 0 Å². The van der Waals surface area contributed by atoms with Crippen LogP contribution in [0.1, 0.15) is 12.6 Å². The molecule has 0 aliphatic carbocycles. The van der Waals surface area contributed by atoms with Crippen LogP contribution in [0.2, 0.25) is 5.02 Å². The van der Waals surface area contributed by atoms with E-state index >= 15 is 0 Å². The van der Waals surface area contributed by atoms with E-state index in [2.05, 4.69) is 22.1 Å². The van der Waals surface area contributed by atoms with Gasteiger partial charge in [0.2, 0.25) is 0 Å². The summed E-state index contributed by atoms with van der Waals surface area (Å²) in [5, 5.41) is 12.0. The highest BCUT2D eigenvalue weighted by Crippen LogP contribution is 2.26. The molecule has 0 unspecified atom stereocenters. The summed E-state index contributed by atoms with van der Waals surface area (Å²) in [6.07, 6.45) is 1.73. The highest BCUT2D eigenvalue weighted by Gasteiger charge is 2.14. The first-order chi connectivity index (χ1) is 12.7. The standard InChI is InChI=1S/C17H14ClN5OS2/c1-2-22-15(11-3-5-12(18)6-4-11)20-21-17(22)26-10-13-9-14(24)23-7-8-25-16(23)19-13/h3-9H,2,10H2,1H3. The monoisotopic (exact) mass is 403 g/mol. The summed E-state index contributed by atoms with van der Waals surface area (Å²) in [7, 11) is 0. The molecule has 0 radical (unpaired) electrons. The number of hydrogen-bond donors (Lipinski definition) is 0. The topological polar surface area (TPSA) is 65.1 Å². The van der Waals surface area contributed by atoms with Gasteiger partial charge in [0.05, 0.1) is 5.69 Å². The molecule has 0 amide bonds. The van der Waals surface area contributed by atoms with Crippen molar-refractivity contribution in [1.82, 2.24) is 24.1 Å². The van der Waals surface area contributed by atoms with Gasteiger partial charge in [-0.3, -0.25) is 9.20 Å². The van der Waals surface area contributed by atoms with E-state index in [0.29, 0.717) is 15.7 Å². The molecule has 0 aliphatic rings. The summed E-state index contributed by atoms with van der Waals surface area (Å²) in [6.45, 7) is 2.79. The number of halogens is 1. The average molecular weight is 404 g/mol. The first-order valence-corrected chi connectivity index (χ1v) is 10.2. The van der Waals surface area contributed by atoms with Crippen molar-refractivity contribution in [3.05, 3.63) is 63.0 Å². The fourth-order valence-electron chi connectivity index (χ4n) is 2.59. The summed E-state index contributed by atoms with van der Waals surface area (Å²) >= 11 is 8.93. The third-order valence-corrected chi connectivity index (χ3v) is 5.85. The maximum absolute atomic E-state index is 12.1. The molecule has 132 valence electrons. The Kier molecular flexibility index (Phi) is 4.80. The Bertz CT molecular complexity index is 1120. The number of thioether (sulfide) groups is 1. The van der Waals surface area contributed by atoms with E-state index in [-0.39, 0.29) is 5.56 Å². The molecule has 1 aromatic carbocycles. The Morgan fingerprint density at radius 2 is 2.04 bits per heavy atom. The van der Waals surface area contributed by atoms with E-state index < -0.39 is 0 Å². The maximum Gasteiger partial charge on any atom is 0.258 e. The van der Waals surface area contributed by atoms with Crippen LogP contribution in [0, 0.1) is 0 Å². The fourth-order valence-corrected chi connectivity index (χ4v) is 4.35. The van der Waals surface area contributed by atoms with E-state index in [1.54, 1.807) is 16.7 Å². The highest BCUT2D eigenvalue weighted by atomic mass is 35.5. The Balaban J connectivity index is 1.60. The molecule has 0 fully saturated rings. The molecule has 9 heteroatoms. The summed E-state index contributed by atoms with van der Waals surface area (Å²) in [5.74, 6) is 1.36. The van der Waals surface area contributed by atoms with Crippen molar-refractivity contribution in [3.63, 3.8) is 0 Å². The number of rotatable bonds is 5. The van der Waals surface area contributed by atoms with E-state index in [9.17, 15) is 4.79 Å². The zero-order chi connectivity index (χ0) is 18.1. The average Bonchev–Trinajstić information content (AvgIpc) is 3.27. The van der Waals surface area contributed by atoms with Gasteiger partial charge in [0.15, 0.2) is 15.9 Å². The molecule has 0 bridgehead atoms. The zero-order valence-electron chi connectivity index (χ0n) is 13.8. The van der Waals surface area contributed by atoms with Crippen molar-refractivity contribution in [2.45, 2.75) is 24.4 Å². The van der Waals surface area contributed by atoms with E-state index in [1.807, 2.05) is 34.2 Å². The molecule has 0 atom stereocenters. The minimum atomic E-state index is -0.0642. The number of thiazole rings is 1. The number of fused-ring (bicyclic) bond motifs is 1. The molecule has 0 N–H and O–H groups in total. The molecule has 0 aliphatic heterocycles. The largest absolute Gasteiger partial charge is 0.302 e. The Morgan fingerprint density at radius 3 is 2.81 bits per heavy atom. The van der Waals surface area contributed by atoms with Gasteiger partial charge in [-0.05, 0) is 31.2 Å². The van der Waals surface area contributed by atoms with Crippen LogP contribution in [-0.4, -0.2) is 24.1 Å². The predicted octanol–water partition coefficient (Wildman–Crippen LogP) is 3.98. The third-order valence-electron chi connectivity index (χ3n) is 3.84. The number of nitrogens with zero attached hydrogens (tertiary/aromatic N) is 5. The second-order valence-electron chi connectivity index (χ2n) is 5.49. The smallest absolute Gasteiger partial charge is 0.258 e. The first-order valence-electron chi connectivity index (χ1n) is 7.93. The van der Waals surface area contributed by atoms with E-state index in [4.69, 9.17) is 11.6 Å². The van der Waals surface area contributed by atoms with Gasteiger partial charge in [-0.1, -0.05) is 23.4 Å². The van der Waals surface area contributed by atoms with Crippen LogP contribution in [0.15, 0.2) is 51.9 Å². The van der Waals surface area contributed by atoms with Gasteiger partial charge < -0.3 is 4.57 Å². The summed E-state index contributed by atoms with van der Waals surface area (Å²) in [4.78, 5) is 17.3. The lowest BCUT2D eigenvalue weighted by atomic mass is 10.2. The number of benzene rings is 1. The van der Waals surface area contributed by atoms with E-state index in [0.717, 1.165) is 28.8 Å². The van der Waals surface area contributed by atoms with Crippen LogP contribution < -0.4 is 5.56 Å². The fraction of sp³-hybridized carbons (Fsp3) is 0.176. The van der Waals surface area contributed by atoms with Gasteiger partial charge in [-0.15, -0.1) is 21.5 Å². The number of hydrogen-bond acceptors (Lipinski definition) is 6. The van der Waals surface area contributed by atoms with Crippen molar-refractivity contribution in [3.8, 4) is 11.4 Å². The maximum atomic E-state index is 12.1. The third kappa shape index (κ3) is 3.27. The molecule has 0 saturated carbocycles. The number of aromatic nitrogens is 5. The summed E-state index contributed by atoms with van der Waals surface area (Å²) in [5.41, 5.74) is 1.64. The minimum Gasteiger partial charge on any atom is -0.302 e. The van der Waals surface area contributed by atoms with Gasteiger partial charge in [0, 0.05) is 40.5 Å². The van der Waals surface area contributed by atoms with Gasteiger partial charge in [-0.25, -0.2) is 4.98 Å². The van der Waals surface area contributed by atoms with Crippen LogP contribution in [0.3, 0.4) is 0 Å². The van der Waals surface area contributed by atoms with Crippen molar-refractivity contribution in [2.24, 2.45) is 0 Å².